The van der Waals surface area contributed by atoms with Crippen LogP contribution in [-0.4, -0.2) is 60.3 Å². The molecule has 1 unspecified atom stereocenters. The topological polar surface area (TPSA) is 112 Å². The number of hydrogen-bond donors (Lipinski definition) is 2. The normalized spacial score (nSPS) is 16.9. The standard InChI is InChI=1S/C31H35N5O4/c1-5-26(37)35-15-12-21(13-16-35)23-11-14-33-31-28(30(32)38)29(34-36(23)31)22-17-24(39-3)27(25(18-22)40-4)19(2)20-9-7-6-8-10-20/h5-10,17-18,21,23,33H,1-2,11-16H2,3-4H3,(H2,32,38). The summed E-state index contributed by atoms with van der Waals surface area (Å²) in [6.45, 7) is 9.96. The molecule has 1 aromatic heterocycles. The first-order valence-electron chi connectivity index (χ1n) is 13.5. The summed E-state index contributed by atoms with van der Waals surface area (Å²) in [6.07, 6.45) is 3.92. The number of aromatic nitrogens is 2. The van der Waals surface area contributed by atoms with Gasteiger partial charge in [-0.05, 0) is 54.5 Å². The summed E-state index contributed by atoms with van der Waals surface area (Å²) in [6, 6.07) is 13.6. The van der Waals surface area contributed by atoms with Crippen LogP contribution in [0.25, 0.3) is 16.8 Å². The van der Waals surface area contributed by atoms with E-state index in [2.05, 4.69) is 18.5 Å². The highest BCUT2D eigenvalue weighted by atomic mass is 16.5. The number of methoxy groups -OCH3 is 2. The quantitative estimate of drug-likeness (QED) is 0.406. The van der Waals surface area contributed by atoms with Crippen LogP contribution in [0.5, 0.6) is 11.5 Å². The molecule has 0 spiro atoms. The zero-order valence-corrected chi connectivity index (χ0v) is 23.0. The predicted octanol–water partition coefficient (Wildman–Crippen LogP) is 4.51. The van der Waals surface area contributed by atoms with Crippen molar-refractivity contribution in [1.29, 1.82) is 0 Å². The minimum Gasteiger partial charge on any atom is -0.496 e. The van der Waals surface area contributed by atoms with E-state index in [0.717, 1.165) is 36.0 Å². The van der Waals surface area contributed by atoms with Crippen molar-refractivity contribution in [2.24, 2.45) is 11.7 Å². The van der Waals surface area contributed by atoms with Gasteiger partial charge in [0.15, 0.2) is 0 Å². The van der Waals surface area contributed by atoms with Crippen LogP contribution in [0.3, 0.4) is 0 Å². The van der Waals surface area contributed by atoms with E-state index in [0.29, 0.717) is 59.7 Å². The molecule has 5 rings (SSSR count). The van der Waals surface area contributed by atoms with Crippen LogP contribution in [0, 0.1) is 5.92 Å². The Morgan fingerprint density at radius 2 is 1.70 bits per heavy atom. The lowest BCUT2D eigenvalue weighted by Crippen LogP contribution is -2.41. The first kappa shape index (κ1) is 27.1. The SMILES string of the molecule is C=CC(=O)N1CCC(C2CCNc3c(C(N)=O)c(-c4cc(OC)c(C(=C)c5ccccc5)c(OC)c4)nn32)CC1. The number of fused-ring (bicyclic) bond motifs is 1. The summed E-state index contributed by atoms with van der Waals surface area (Å²) in [5, 5.41) is 8.34. The first-order valence-corrected chi connectivity index (χ1v) is 13.5. The maximum Gasteiger partial charge on any atom is 0.254 e. The number of carbonyl (C=O) groups is 2. The number of carbonyl (C=O) groups excluding carboxylic acids is 2. The van der Waals surface area contributed by atoms with Gasteiger partial charge in [0.25, 0.3) is 5.91 Å². The van der Waals surface area contributed by atoms with Gasteiger partial charge in [-0.25, -0.2) is 4.68 Å². The molecule has 3 heterocycles. The van der Waals surface area contributed by atoms with E-state index < -0.39 is 5.91 Å². The molecule has 2 amide bonds. The summed E-state index contributed by atoms with van der Waals surface area (Å²) < 4.78 is 13.5. The molecule has 1 atom stereocenters. The van der Waals surface area contributed by atoms with Gasteiger partial charge in [0.1, 0.15) is 28.6 Å². The monoisotopic (exact) mass is 541 g/mol. The number of nitrogens with one attached hydrogen (secondary N) is 1. The van der Waals surface area contributed by atoms with Crippen molar-refractivity contribution in [2.45, 2.75) is 25.3 Å². The van der Waals surface area contributed by atoms with Gasteiger partial charge in [-0.15, -0.1) is 0 Å². The second-order valence-electron chi connectivity index (χ2n) is 10.1. The molecule has 0 saturated carbocycles. The van der Waals surface area contributed by atoms with Gasteiger partial charge in [-0.2, -0.15) is 5.10 Å². The molecule has 0 aliphatic carbocycles. The summed E-state index contributed by atoms with van der Waals surface area (Å²) in [4.78, 5) is 26.7. The van der Waals surface area contributed by atoms with Gasteiger partial charge < -0.3 is 25.4 Å². The molecule has 3 aromatic rings. The number of nitrogens with zero attached hydrogens (tertiary/aromatic N) is 3. The maximum absolute atomic E-state index is 12.8. The number of piperidine rings is 1. The molecule has 2 aliphatic heterocycles. The Labute approximate surface area is 234 Å². The Balaban J connectivity index is 1.55. The van der Waals surface area contributed by atoms with E-state index in [1.54, 1.807) is 14.2 Å². The Bertz CT molecular complexity index is 1430. The molecule has 2 aliphatic rings. The molecule has 208 valence electrons. The molecule has 2 aromatic carbocycles. The minimum atomic E-state index is -0.563. The van der Waals surface area contributed by atoms with E-state index in [-0.39, 0.29) is 11.9 Å². The van der Waals surface area contributed by atoms with E-state index in [1.165, 1.54) is 6.08 Å². The molecule has 0 bridgehead atoms. The van der Waals surface area contributed by atoms with Crippen molar-refractivity contribution in [3.8, 4) is 22.8 Å². The zero-order chi connectivity index (χ0) is 28.4. The summed E-state index contributed by atoms with van der Waals surface area (Å²) in [7, 11) is 3.18. The van der Waals surface area contributed by atoms with Gasteiger partial charge in [-0.3, -0.25) is 9.59 Å². The van der Waals surface area contributed by atoms with Crippen LogP contribution in [0.1, 0.15) is 46.8 Å². The minimum absolute atomic E-state index is 0.0388. The van der Waals surface area contributed by atoms with Crippen molar-refractivity contribution >= 4 is 23.2 Å². The Morgan fingerprint density at radius 1 is 1.05 bits per heavy atom. The highest BCUT2D eigenvalue weighted by Gasteiger charge is 2.36. The fourth-order valence-corrected chi connectivity index (χ4v) is 5.94. The summed E-state index contributed by atoms with van der Waals surface area (Å²) in [5.41, 5.74) is 9.82. The van der Waals surface area contributed by atoms with E-state index >= 15 is 0 Å². The largest absolute Gasteiger partial charge is 0.496 e. The lowest BCUT2D eigenvalue weighted by molar-refractivity contribution is -0.127. The Kier molecular flexibility index (Phi) is 7.64. The molecule has 1 saturated heterocycles. The molecule has 0 radical (unpaired) electrons. The van der Waals surface area contributed by atoms with Crippen LogP contribution in [0.2, 0.25) is 0 Å². The van der Waals surface area contributed by atoms with Crippen LogP contribution < -0.4 is 20.5 Å². The summed E-state index contributed by atoms with van der Waals surface area (Å²) >= 11 is 0. The molecule has 1 fully saturated rings. The molecular weight excluding hydrogens is 506 g/mol. The first-order chi connectivity index (χ1) is 19.4. The predicted molar refractivity (Wildman–Crippen MR) is 156 cm³/mol. The van der Waals surface area contributed by atoms with Crippen LogP contribution >= 0.6 is 0 Å². The van der Waals surface area contributed by atoms with Gasteiger partial charge in [0, 0.05) is 25.2 Å². The number of rotatable bonds is 8. The van der Waals surface area contributed by atoms with Crippen molar-refractivity contribution in [3.05, 3.63) is 78.4 Å². The van der Waals surface area contributed by atoms with Crippen molar-refractivity contribution in [1.82, 2.24) is 14.7 Å². The maximum atomic E-state index is 12.8. The Hall–Kier alpha value is -4.53. The van der Waals surface area contributed by atoms with Crippen LogP contribution in [0.4, 0.5) is 5.82 Å². The zero-order valence-electron chi connectivity index (χ0n) is 23.0. The average molecular weight is 542 g/mol. The number of likely N-dealkylation sites (tertiary alicyclic amines) is 1. The molecule has 3 N–H and O–H groups in total. The number of primary amides is 1. The number of amides is 2. The number of anilines is 1. The number of ether oxygens (including phenoxy) is 2. The lowest BCUT2D eigenvalue weighted by Gasteiger charge is -2.38. The highest BCUT2D eigenvalue weighted by Crippen LogP contribution is 2.44. The molecule has 9 nitrogen and oxygen atoms in total. The number of nitrogens with two attached hydrogens (primary N) is 1. The van der Waals surface area contributed by atoms with E-state index in [4.69, 9.17) is 20.3 Å². The van der Waals surface area contributed by atoms with E-state index in [9.17, 15) is 9.59 Å². The smallest absolute Gasteiger partial charge is 0.254 e. The third-order valence-electron chi connectivity index (χ3n) is 7.98. The fraction of sp³-hybridized carbons (Fsp3) is 0.323. The third-order valence-corrected chi connectivity index (χ3v) is 7.98. The highest BCUT2D eigenvalue weighted by molar-refractivity contribution is 6.04. The molecular formula is C31H35N5O4. The van der Waals surface area contributed by atoms with Crippen molar-refractivity contribution < 1.29 is 19.1 Å². The van der Waals surface area contributed by atoms with E-state index in [1.807, 2.05) is 52.0 Å². The second kappa shape index (κ2) is 11.3. The Morgan fingerprint density at radius 3 is 2.27 bits per heavy atom. The fourth-order valence-electron chi connectivity index (χ4n) is 5.94. The lowest BCUT2D eigenvalue weighted by atomic mass is 9.87. The number of benzene rings is 2. The number of hydrogen-bond acceptors (Lipinski definition) is 6. The summed E-state index contributed by atoms with van der Waals surface area (Å²) in [5.74, 6) is 1.43. The van der Waals surface area contributed by atoms with Gasteiger partial charge in [0.2, 0.25) is 5.91 Å². The molecule has 9 heteroatoms. The van der Waals surface area contributed by atoms with Crippen LogP contribution in [-0.2, 0) is 4.79 Å². The van der Waals surface area contributed by atoms with Crippen molar-refractivity contribution in [3.63, 3.8) is 0 Å². The molecule has 40 heavy (non-hydrogen) atoms. The second-order valence-corrected chi connectivity index (χ2v) is 10.1. The van der Waals surface area contributed by atoms with Crippen molar-refractivity contribution in [2.75, 3.05) is 39.2 Å². The van der Waals surface area contributed by atoms with Gasteiger partial charge in [-0.1, -0.05) is 43.5 Å². The van der Waals surface area contributed by atoms with Gasteiger partial charge >= 0.3 is 0 Å². The van der Waals surface area contributed by atoms with Gasteiger partial charge in [0.05, 0.1) is 25.8 Å². The average Bonchev–Trinajstić information content (AvgIpc) is 3.40. The third kappa shape index (κ3) is 4.83. The van der Waals surface area contributed by atoms with Crippen LogP contribution in [0.15, 0.2) is 61.7 Å².